The smallest absolute Gasteiger partial charge is 0.289 e. The van der Waals surface area contributed by atoms with Gasteiger partial charge in [0.2, 0.25) is 0 Å². The first-order valence-corrected chi connectivity index (χ1v) is 6.69. The molecule has 1 aliphatic rings. The summed E-state index contributed by atoms with van der Waals surface area (Å²) < 4.78 is 5.30. The number of nitrogens with one attached hydrogen (secondary N) is 1. The standard InChI is InChI=1S/C14H18N4O2/c1-10-3-8-20-12(10)14(19)18-7-6-17(2)11(9-18)13-15-4-5-16-13/h3-5,8,11H,6-7,9H2,1-2H3,(H,15,16)/t11-/m0/s1. The van der Waals surface area contributed by atoms with Crippen LogP contribution >= 0.6 is 0 Å². The van der Waals surface area contributed by atoms with Crippen molar-refractivity contribution in [3.63, 3.8) is 0 Å². The Bertz CT molecular complexity index is 590. The summed E-state index contributed by atoms with van der Waals surface area (Å²) in [5.41, 5.74) is 0.878. The predicted octanol–water partition coefficient (Wildman–Crippen LogP) is 1.44. The van der Waals surface area contributed by atoms with E-state index in [1.807, 2.05) is 24.9 Å². The molecule has 0 aliphatic carbocycles. The molecule has 1 atom stereocenters. The van der Waals surface area contributed by atoms with Crippen LogP contribution in [0.1, 0.15) is 28.0 Å². The monoisotopic (exact) mass is 274 g/mol. The van der Waals surface area contributed by atoms with Crippen molar-refractivity contribution in [3.05, 3.63) is 41.9 Å². The third-order valence-electron chi connectivity index (χ3n) is 3.83. The molecule has 6 nitrogen and oxygen atoms in total. The molecule has 3 rings (SSSR count). The van der Waals surface area contributed by atoms with Crippen LogP contribution in [0.4, 0.5) is 0 Å². The third-order valence-corrected chi connectivity index (χ3v) is 3.83. The van der Waals surface area contributed by atoms with Gasteiger partial charge in [0.05, 0.1) is 12.3 Å². The van der Waals surface area contributed by atoms with Crippen molar-refractivity contribution in [3.8, 4) is 0 Å². The molecule has 0 spiro atoms. The van der Waals surface area contributed by atoms with Gasteiger partial charge in [0.1, 0.15) is 5.82 Å². The average Bonchev–Trinajstić information content (AvgIpc) is 3.09. The number of hydrogen-bond acceptors (Lipinski definition) is 4. The van der Waals surface area contributed by atoms with Crippen molar-refractivity contribution in [2.24, 2.45) is 0 Å². The molecule has 0 saturated carbocycles. The highest BCUT2D eigenvalue weighted by atomic mass is 16.3. The van der Waals surface area contributed by atoms with Gasteiger partial charge in [-0.2, -0.15) is 0 Å². The predicted molar refractivity (Wildman–Crippen MR) is 73.3 cm³/mol. The molecule has 1 aliphatic heterocycles. The van der Waals surface area contributed by atoms with E-state index in [0.717, 1.165) is 17.9 Å². The Morgan fingerprint density at radius 1 is 1.50 bits per heavy atom. The summed E-state index contributed by atoms with van der Waals surface area (Å²) in [4.78, 5) is 24.0. The fourth-order valence-corrected chi connectivity index (χ4v) is 2.55. The number of hydrogen-bond donors (Lipinski definition) is 1. The van der Waals surface area contributed by atoms with Gasteiger partial charge in [-0.15, -0.1) is 0 Å². The minimum atomic E-state index is -0.0443. The minimum absolute atomic E-state index is 0.0443. The lowest BCUT2D eigenvalue weighted by Crippen LogP contribution is -2.49. The average molecular weight is 274 g/mol. The van der Waals surface area contributed by atoms with Crippen LogP contribution in [0.15, 0.2) is 29.1 Å². The number of furan rings is 1. The maximum absolute atomic E-state index is 12.5. The third kappa shape index (κ3) is 2.22. The zero-order chi connectivity index (χ0) is 14.1. The Balaban J connectivity index is 1.79. The number of amides is 1. The van der Waals surface area contributed by atoms with E-state index >= 15 is 0 Å². The second kappa shape index (κ2) is 5.13. The number of carbonyl (C=O) groups is 1. The number of nitrogens with zero attached hydrogens (tertiary/aromatic N) is 3. The van der Waals surface area contributed by atoms with Crippen molar-refractivity contribution in [2.45, 2.75) is 13.0 Å². The van der Waals surface area contributed by atoms with Gasteiger partial charge >= 0.3 is 0 Å². The molecule has 2 aromatic heterocycles. The van der Waals surface area contributed by atoms with Crippen LogP contribution in [-0.4, -0.2) is 52.4 Å². The van der Waals surface area contributed by atoms with Crippen LogP contribution in [0.5, 0.6) is 0 Å². The summed E-state index contributed by atoms with van der Waals surface area (Å²) in [6.45, 7) is 4.02. The maximum atomic E-state index is 12.5. The molecule has 0 unspecified atom stereocenters. The van der Waals surface area contributed by atoms with Gasteiger partial charge in [-0.25, -0.2) is 4.98 Å². The van der Waals surface area contributed by atoms with Gasteiger partial charge in [0, 0.05) is 37.6 Å². The summed E-state index contributed by atoms with van der Waals surface area (Å²) in [6.07, 6.45) is 5.10. The Hall–Kier alpha value is -2.08. The van der Waals surface area contributed by atoms with E-state index < -0.39 is 0 Å². The summed E-state index contributed by atoms with van der Waals surface area (Å²) in [5, 5.41) is 0. The number of aromatic nitrogens is 2. The van der Waals surface area contributed by atoms with Gasteiger partial charge in [-0.3, -0.25) is 9.69 Å². The Morgan fingerprint density at radius 3 is 3.00 bits per heavy atom. The zero-order valence-electron chi connectivity index (χ0n) is 11.7. The van der Waals surface area contributed by atoms with Gasteiger partial charge in [0.15, 0.2) is 5.76 Å². The van der Waals surface area contributed by atoms with Crippen molar-refractivity contribution in [1.29, 1.82) is 0 Å². The second-order valence-corrected chi connectivity index (χ2v) is 5.15. The van der Waals surface area contributed by atoms with Crippen molar-refractivity contribution < 1.29 is 9.21 Å². The summed E-state index contributed by atoms with van der Waals surface area (Å²) >= 11 is 0. The van der Waals surface area contributed by atoms with Gasteiger partial charge in [-0.1, -0.05) is 0 Å². The van der Waals surface area contributed by atoms with Crippen molar-refractivity contribution in [1.82, 2.24) is 19.8 Å². The lowest BCUT2D eigenvalue weighted by molar-refractivity contribution is 0.0505. The molecular formula is C14H18N4O2. The largest absolute Gasteiger partial charge is 0.459 e. The van der Waals surface area contributed by atoms with Crippen LogP contribution in [0.25, 0.3) is 0 Å². The number of rotatable bonds is 2. The number of likely N-dealkylation sites (N-methyl/N-ethyl adjacent to an activating group) is 1. The van der Waals surface area contributed by atoms with E-state index in [0.29, 0.717) is 18.8 Å². The quantitative estimate of drug-likeness (QED) is 0.900. The normalized spacial score (nSPS) is 20.3. The van der Waals surface area contributed by atoms with Gasteiger partial charge in [0.25, 0.3) is 5.91 Å². The molecule has 20 heavy (non-hydrogen) atoms. The van der Waals surface area contributed by atoms with E-state index in [4.69, 9.17) is 4.42 Å². The molecule has 0 radical (unpaired) electrons. The SMILES string of the molecule is Cc1ccoc1C(=O)N1CCN(C)[C@H](c2ncc[nH]2)C1. The van der Waals surface area contributed by atoms with Crippen LogP contribution in [0, 0.1) is 6.92 Å². The first kappa shape index (κ1) is 12.9. The van der Waals surface area contributed by atoms with E-state index in [1.54, 1.807) is 18.7 Å². The molecule has 3 heterocycles. The van der Waals surface area contributed by atoms with Crippen LogP contribution in [-0.2, 0) is 0 Å². The van der Waals surface area contributed by atoms with Gasteiger partial charge < -0.3 is 14.3 Å². The zero-order valence-corrected chi connectivity index (χ0v) is 11.7. The Labute approximate surface area is 117 Å². The molecule has 1 saturated heterocycles. The maximum Gasteiger partial charge on any atom is 0.289 e. The number of aryl methyl sites for hydroxylation is 1. The van der Waals surface area contributed by atoms with E-state index in [-0.39, 0.29) is 11.9 Å². The summed E-state index contributed by atoms with van der Waals surface area (Å²) in [6, 6.07) is 1.91. The first-order chi connectivity index (χ1) is 9.66. The molecule has 2 aromatic rings. The van der Waals surface area contributed by atoms with Crippen LogP contribution in [0.3, 0.4) is 0 Å². The first-order valence-electron chi connectivity index (χ1n) is 6.69. The fourth-order valence-electron chi connectivity index (χ4n) is 2.55. The van der Waals surface area contributed by atoms with Crippen molar-refractivity contribution in [2.75, 3.05) is 26.7 Å². The molecular weight excluding hydrogens is 256 g/mol. The molecule has 1 N–H and O–H groups in total. The van der Waals surface area contributed by atoms with E-state index in [1.165, 1.54) is 0 Å². The molecule has 0 aromatic carbocycles. The summed E-state index contributed by atoms with van der Waals surface area (Å²) in [5.74, 6) is 1.28. The van der Waals surface area contributed by atoms with E-state index in [9.17, 15) is 4.79 Å². The lowest BCUT2D eigenvalue weighted by atomic mass is 10.1. The topological polar surface area (TPSA) is 65.4 Å². The molecule has 106 valence electrons. The van der Waals surface area contributed by atoms with Crippen LogP contribution < -0.4 is 0 Å². The van der Waals surface area contributed by atoms with E-state index in [2.05, 4.69) is 14.9 Å². The Morgan fingerprint density at radius 2 is 2.35 bits per heavy atom. The number of piperazine rings is 1. The number of aromatic amines is 1. The molecule has 1 fully saturated rings. The molecule has 6 heteroatoms. The highest BCUT2D eigenvalue weighted by Crippen LogP contribution is 2.23. The van der Waals surface area contributed by atoms with Crippen LogP contribution in [0.2, 0.25) is 0 Å². The highest BCUT2D eigenvalue weighted by Gasteiger charge is 2.31. The number of H-pyrrole nitrogens is 1. The number of carbonyl (C=O) groups excluding carboxylic acids is 1. The fraction of sp³-hybridized carbons (Fsp3) is 0.429. The highest BCUT2D eigenvalue weighted by molar-refractivity contribution is 5.92. The molecule has 1 amide bonds. The lowest BCUT2D eigenvalue weighted by Gasteiger charge is -2.38. The van der Waals surface area contributed by atoms with Gasteiger partial charge in [-0.05, 0) is 20.0 Å². The minimum Gasteiger partial charge on any atom is -0.459 e. The molecule has 0 bridgehead atoms. The summed E-state index contributed by atoms with van der Waals surface area (Å²) in [7, 11) is 2.05. The Kier molecular flexibility index (Phi) is 3.31. The second-order valence-electron chi connectivity index (χ2n) is 5.15. The number of imidazole rings is 1. The van der Waals surface area contributed by atoms with Crippen molar-refractivity contribution >= 4 is 5.91 Å².